The Morgan fingerprint density at radius 1 is 1.18 bits per heavy atom. The van der Waals surface area contributed by atoms with Gasteiger partial charge in [-0.05, 0) is 55.0 Å². The number of rotatable bonds is 6. The zero-order chi connectivity index (χ0) is 20.3. The lowest BCUT2D eigenvalue weighted by Gasteiger charge is -2.17. The molecule has 28 heavy (non-hydrogen) atoms. The van der Waals surface area contributed by atoms with Gasteiger partial charge in [0.25, 0.3) is 5.91 Å². The van der Waals surface area contributed by atoms with Gasteiger partial charge in [-0.15, -0.1) is 0 Å². The predicted octanol–water partition coefficient (Wildman–Crippen LogP) is 4.33. The van der Waals surface area contributed by atoms with Gasteiger partial charge in [0.05, 0.1) is 21.7 Å². The van der Waals surface area contributed by atoms with Gasteiger partial charge < -0.3 is 9.73 Å². The quantitative estimate of drug-likeness (QED) is 0.601. The van der Waals surface area contributed by atoms with Crippen molar-refractivity contribution in [1.29, 1.82) is 0 Å². The summed E-state index contributed by atoms with van der Waals surface area (Å²) >= 11 is 6.02. The van der Waals surface area contributed by atoms with Crippen molar-refractivity contribution in [2.45, 2.75) is 17.1 Å². The van der Waals surface area contributed by atoms with E-state index in [1.807, 2.05) is 0 Å². The van der Waals surface area contributed by atoms with Crippen LogP contribution in [0.15, 0.2) is 70.2 Å². The monoisotopic (exact) mass is 421 g/mol. The molecule has 0 radical (unpaired) electrons. The maximum Gasteiger partial charge on any atom is 0.252 e. The summed E-state index contributed by atoms with van der Waals surface area (Å²) in [4.78, 5) is 12.4. The molecule has 0 bridgehead atoms. The number of amides is 1. The Bertz CT molecular complexity index is 1100. The van der Waals surface area contributed by atoms with Gasteiger partial charge in [-0.1, -0.05) is 23.7 Å². The molecule has 1 N–H and O–H groups in total. The molecule has 1 amide bonds. The predicted molar refractivity (Wildman–Crippen MR) is 104 cm³/mol. The maximum atomic E-state index is 13.6. The third-order valence-corrected chi connectivity index (χ3v) is 6.65. The summed E-state index contributed by atoms with van der Waals surface area (Å²) in [6, 6.07) is 13.1. The Hall–Kier alpha value is -2.64. The first-order chi connectivity index (χ1) is 13.3. The summed E-state index contributed by atoms with van der Waals surface area (Å²) < 4.78 is 45.1. The van der Waals surface area contributed by atoms with Crippen LogP contribution in [0.1, 0.15) is 26.9 Å². The van der Waals surface area contributed by atoms with Crippen LogP contribution in [0.2, 0.25) is 5.02 Å². The van der Waals surface area contributed by atoms with Gasteiger partial charge in [0, 0.05) is 6.54 Å². The number of halogens is 2. The molecule has 3 rings (SSSR count). The van der Waals surface area contributed by atoms with Crippen molar-refractivity contribution in [2.24, 2.45) is 0 Å². The number of hydrogen-bond donors (Lipinski definition) is 1. The average Bonchev–Trinajstić information content (AvgIpc) is 3.18. The molecule has 0 saturated heterocycles. The summed E-state index contributed by atoms with van der Waals surface area (Å²) in [7, 11) is -3.96. The topological polar surface area (TPSA) is 76.4 Å². The Balaban J connectivity index is 1.91. The summed E-state index contributed by atoms with van der Waals surface area (Å²) in [5, 5.41) is 1.67. The average molecular weight is 422 g/mol. The zero-order valence-corrected chi connectivity index (χ0v) is 16.4. The maximum absolute atomic E-state index is 13.6. The van der Waals surface area contributed by atoms with Crippen LogP contribution in [0.25, 0.3) is 0 Å². The fourth-order valence-corrected chi connectivity index (χ4v) is 4.61. The van der Waals surface area contributed by atoms with E-state index in [1.54, 1.807) is 24.3 Å². The number of carbonyl (C=O) groups excluding carboxylic acids is 1. The normalized spacial score (nSPS) is 12.5. The molecular weight excluding hydrogens is 405 g/mol. The van der Waals surface area contributed by atoms with Crippen LogP contribution in [0.5, 0.6) is 0 Å². The van der Waals surface area contributed by atoms with Crippen molar-refractivity contribution in [3.05, 3.63) is 88.6 Å². The lowest BCUT2D eigenvalue weighted by Crippen LogP contribution is -2.32. The van der Waals surface area contributed by atoms with Crippen molar-refractivity contribution in [1.82, 2.24) is 5.32 Å². The lowest BCUT2D eigenvalue weighted by molar-refractivity contribution is 0.0953. The van der Waals surface area contributed by atoms with E-state index in [1.165, 1.54) is 37.5 Å². The summed E-state index contributed by atoms with van der Waals surface area (Å²) in [6.45, 7) is 1.24. The van der Waals surface area contributed by atoms with E-state index in [9.17, 15) is 17.6 Å². The highest BCUT2D eigenvalue weighted by Gasteiger charge is 2.32. The molecule has 0 spiro atoms. The molecule has 2 aromatic carbocycles. The first kappa shape index (κ1) is 20.1. The summed E-state index contributed by atoms with van der Waals surface area (Å²) in [6.07, 6.45) is 1.35. The Kier molecular flexibility index (Phi) is 5.86. The van der Waals surface area contributed by atoms with Crippen molar-refractivity contribution in [3.8, 4) is 0 Å². The first-order valence-corrected chi connectivity index (χ1v) is 10.3. The molecule has 0 fully saturated rings. The fraction of sp³-hybridized carbons (Fsp3) is 0.150. The molecular formula is C20H17ClFNO4S. The van der Waals surface area contributed by atoms with E-state index in [0.717, 1.165) is 6.07 Å². The molecule has 3 aromatic rings. The molecule has 0 saturated carbocycles. The Labute approximate surface area is 167 Å². The number of sulfone groups is 1. The molecule has 0 aliphatic rings. The van der Waals surface area contributed by atoms with E-state index in [0.29, 0.717) is 0 Å². The van der Waals surface area contributed by atoms with Gasteiger partial charge in [-0.25, -0.2) is 12.8 Å². The second kappa shape index (κ2) is 8.16. The molecule has 5 nitrogen and oxygen atoms in total. The number of furan rings is 1. The molecule has 1 atom stereocenters. The molecule has 146 valence electrons. The summed E-state index contributed by atoms with van der Waals surface area (Å²) in [5.74, 6) is -0.838. The lowest BCUT2D eigenvalue weighted by atomic mass is 10.2. The van der Waals surface area contributed by atoms with Gasteiger partial charge in [0.15, 0.2) is 9.84 Å². The van der Waals surface area contributed by atoms with E-state index < -0.39 is 26.8 Å². The van der Waals surface area contributed by atoms with Gasteiger partial charge in [-0.3, -0.25) is 4.79 Å². The van der Waals surface area contributed by atoms with Crippen LogP contribution >= 0.6 is 11.6 Å². The van der Waals surface area contributed by atoms with Gasteiger partial charge >= 0.3 is 0 Å². The number of aryl methyl sites for hydroxylation is 1. The molecule has 1 heterocycles. The smallest absolute Gasteiger partial charge is 0.252 e. The van der Waals surface area contributed by atoms with Crippen LogP contribution < -0.4 is 5.32 Å². The minimum absolute atomic E-state index is 0.0557. The minimum Gasteiger partial charge on any atom is -0.468 e. The van der Waals surface area contributed by atoms with Crippen LogP contribution in [0, 0.1) is 12.7 Å². The van der Waals surface area contributed by atoms with E-state index in [2.05, 4.69) is 5.32 Å². The van der Waals surface area contributed by atoms with Gasteiger partial charge in [-0.2, -0.15) is 0 Å². The van der Waals surface area contributed by atoms with Crippen molar-refractivity contribution in [2.75, 3.05) is 6.54 Å². The van der Waals surface area contributed by atoms with Crippen molar-refractivity contribution in [3.63, 3.8) is 0 Å². The highest BCUT2D eigenvalue weighted by Crippen LogP contribution is 2.30. The van der Waals surface area contributed by atoms with Gasteiger partial charge in [0.2, 0.25) is 0 Å². The van der Waals surface area contributed by atoms with Crippen LogP contribution in [0.3, 0.4) is 0 Å². The third-order valence-electron chi connectivity index (χ3n) is 4.26. The van der Waals surface area contributed by atoms with Crippen molar-refractivity contribution < 1.29 is 22.0 Å². The van der Waals surface area contributed by atoms with Crippen LogP contribution in [-0.4, -0.2) is 20.9 Å². The first-order valence-electron chi connectivity index (χ1n) is 8.37. The molecule has 1 aromatic heterocycles. The zero-order valence-electron chi connectivity index (χ0n) is 14.9. The highest BCUT2D eigenvalue weighted by atomic mass is 35.5. The number of hydrogen-bond acceptors (Lipinski definition) is 4. The van der Waals surface area contributed by atoms with E-state index in [4.69, 9.17) is 16.0 Å². The van der Waals surface area contributed by atoms with Crippen LogP contribution in [-0.2, 0) is 9.84 Å². The largest absolute Gasteiger partial charge is 0.468 e. The third kappa shape index (κ3) is 4.10. The van der Waals surface area contributed by atoms with Crippen molar-refractivity contribution >= 4 is 27.3 Å². The summed E-state index contributed by atoms with van der Waals surface area (Å²) in [5.41, 5.74) is 0.441. The standard InChI is InChI=1S/C20H17ClFNO4S/c1-13-11-14(8-9-17(13)22)28(25,26)19(18-7-4-10-27-18)12-23-20(24)15-5-2-3-6-16(15)21/h2-11,19H,12H2,1H3,(H,23,24)/t19-/m1/s1. The van der Waals surface area contributed by atoms with E-state index in [-0.39, 0.29) is 33.4 Å². The number of nitrogens with one attached hydrogen (secondary N) is 1. The molecule has 0 aliphatic carbocycles. The second-order valence-electron chi connectivity index (χ2n) is 6.15. The molecule has 0 aliphatic heterocycles. The Morgan fingerprint density at radius 3 is 2.57 bits per heavy atom. The Morgan fingerprint density at radius 2 is 1.93 bits per heavy atom. The minimum atomic E-state index is -3.96. The molecule has 0 unspecified atom stereocenters. The number of carbonyl (C=O) groups is 1. The molecule has 8 heteroatoms. The second-order valence-corrected chi connectivity index (χ2v) is 8.69. The van der Waals surface area contributed by atoms with E-state index >= 15 is 0 Å². The highest BCUT2D eigenvalue weighted by molar-refractivity contribution is 7.91. The fourth-order valence-electron chi connectivity index (χ4n) is 2.72. The number of benzene rings is 2. The van der Waals surface area contributed by atoms with Crippen LogP contribution in [0.4, 0.5) is 4.39 Å². The SMILES string of the molecule is Cc1cc(S(=O)(=O)[C@H](CNC(=O)c2ccccc2Cl)c2ccco2)ccc1F. The van der Waals surface area contributed by atoms with Gasteiger partial charge in [0.1, 0.15) is 16.8 Å².